The fourth-order valence-electron chi connectivity index (χ4n) is 2.20. The van der Waals surface area contributed by atoms with Gasteiger partial charge in [0.1, 0.15) is 12.1 Å². The minimum atomic E-state index is -0.379. The Hall–Kier alpha value is -3.40. The zero-order chi connectivity index (χ0) is 17.8. The van der Waals surface area contributed by atoms with Crippen molar-refractivity contribution < 1.29 is 13.9 Å². The molecule has 0 amide bonds. The summed E-state index contributed by atoms with van der Waals surface area (Å²) in [6.45, 7) is 0. The number of carbonyl (C=O) groups excluding carboxylic acids is 1. The number of ether oxygens (including phenoxy) is 1. The van der Waals surface area contributed by atoms with E-state index in [4.69, 9.17) is 9.15 Å². The summed E-state index contributed by atoms with van der Waals surface area (Å²) in [5, 5.41) is 22.7. The lowest BCUT2D eigenvalue weighted by atomic mass is 10.3. The van der Waals surface area contributed by atoms with Crippen molar-refractivity contribution in [3.63, 3.8) is 0 Å². The molecule has 0 aliphatic carbocycles. The molecule has 0 N–H and O–H groups in total. The number of benzene rings is 1. The molecule has 3 heterocycles. The fraction of sp³-hybridized carbons (Fsp3) is 0.125. The van der Waals surface area contributed by atoms with Crippen molar-refractivity contribution in [3.8, 4) is 22.9 Å². The van der Waals surface area contributed by atoms with Crippen molar-refractivity contribution >= 4 is 17.3 Å². The van der Waals surface area contributed by atoms with Gasteiger partial charge in [-0.05, 0) is 46.1 Å². The van der Waals surface area contributed by atoms with E-state index in [9.17, 15) is 4.79 Å². The van der Waals surface area contributed by atoms with Gasteiger partial charge in [-0.2, -0.15) is 11.3 Å². The smallest absolute Gasteiger partial charge is 0.311 e. The number of hydrogen-bond acceptors (Lipinski definition) is 9. The van der Waals surface area contributed by atoms with E-state index in [1.807, 2.05) is 16.8 Å². The number of tetrazole rings is 1. The highest BCUT2D eigenvalue weighted by Gasteiger charge is 2.12. The minimum absolute atomic E-state index is 0.139. The molecule has 0 aliphatic rings. The summed E-state index contributed by atoms with van der Waals surface area (Å²) >= 11 is 1.55. The van der Waals surface area contributed by atoms with Gasteiger partial charge in [-0.25, -0.2) is 4.68 Å². The van der Waals surface area contributed by atoms with Crippen LogP contribution in [0.3, 0.4) is 0 Å². The molecule has 0 saturated heterocycles. The van der Waals surface area contributed by atoms with E-state index >= 15 is 0 Å². The molecular formula is C16H12N6O3S. The van der Waals surface area contributed by atoms with Crippen molar-refractivity contribution in [2.24, 2.45) is 0 Å². The van der Waals surface area contributed by atoms with Crippen LogP contribution in [0.5, 0.6) is 5.75 Å². The largest absolute Gasteiger partial charge is 0.427 e. The van der Waals surface area contributed by atoms with Crippen LogP contribution in [0.4, 0.5) is 0 Å². The summed E-state index contributed by atoms with van der Waals surface area (Å²) in [5.41, 5.74) is 1.64. The van der Waals surface area contributed by atoms with Crippen LogP contribution in [-0.4, -0.2) is 36.4 Å². The van der Waals surface area contributed by atoms with E-state index in [0.29, 0.717) is 24.0 Å². The van der Waals surface area contributed by atoms with E-state index in [1.165, 1.54) is 11.0 Å². The van der Waals surface area contributed by atoms with Crippen LogP contribution in [0.1, 0.15) is 12.3 Å². The topological polar surface area (TPSA) is 109 Å². The second-order valence-electron chi connectivity index (χ2n) is 5.24. The van der Waals surface area contributed by atoms with Gasteiger partial charge in [0, 0.05) is 17.4 Å². The van der Waals surface area contributed by atoms with Crippen LogP contribution in [0.25, 0.3) is 17.1 Å². The summed E-state index contributed by atoms with van der Waals surface area (Å²) in [4.78, 5) is 12.0. The molecule has 0 aliphatic heterocycles. The van der Waals surface area contributed by atoms with Crippen molar-refractivity contribution in [3.05, 3.63) is 53.3 Å². The van der Waals surface area contributed by atoms with Crippen molar-refractivity contribution in [2.45, 2.75) is 12.8 Å². The average Bonchev–Trinajstić information content (AvgIpc) is 3.42. The summed E-state index contributed by atoms with van der Waals surface area (Å²) in [5.74, 6) is 0.914. The maximum atomic E-state index is 12.0. The number of carbonyl (C=O) groups is 1. The van der Waals surface area contributed by atoms with Crippen LogP contribution >= 0.6 is 11.3 Å². The Morgan fingerprint density at radius 3 is 2.81 bits per heavy atom. The molecule has 0 bridgehead atoms. The average molecular weight is 368 g/mol. The van der Waals surface area contributed by atoms with E-state index in [1.54, 1.807) is 35.6 Å². The third-order valence-corrected chi connectivity index (χ3v) is 4.14. The number of aromatic nitrogens is 6. The maximum absolute atomic E-state index is 12.0. The van der Waals surface area contributed by atoms with Gasteiger partial charge in [-0.3, -0.25) is 4.79 Å². The molecule has 10 heteroatoms. The van der Waals surface area contributed by atoms with Gasteiger partial charge in [0.05, 0.1) is 12.1 Å². The molecule has 0 atom stereocenters. The zero-order valence-corrected chi connectivity index (χ0v) is 14.2. The predicted molar refractivity (Wildman–Crippen MR) is 90.7 cm³/mol. The van der Waals surface area contributed by atoms with E-state index in [2.05, 4.69) is 25.7 Å². The number of thiophene rings is 1. The molecular weight excluding hydrogens is 356 g/mol. The van der Waals surface area contributed by atoms with Crippen molar-refractivity contribution in [1.29, 1.82) is 0 Å². The zero-order valence-electron chi connectivity index (χ0n) is 13.3. The molecule has 1 aromatic carbocycles. The van der Waals surface area contributed by atoms with Gasteiger partial charge in [0.25, 0.3) is 0 Å². The van der Waals surface area contributed by atoms with E-state index < -0.39 is 0 Å². The Balaban J connectivity index is 1.31. The Labute approximate surface area is 151 Å². The number of aryl methyl sites for hydroxylation is 1. The van der Waals surface area contributed by atoms with Gasteiger partial charge in [-0.1, -0.05) is 0 Å². The molecule has 26 heavy (non-hydrogen) atoms. The van der Waals surface area contributed by atoms with Gasteiger partial charge >= 0.3 is 5.97 Å². The first-order valence-corrected chi connectivity index (χ1v) is 8.61. The first-order chi connectivity index (χ1) is 12.8. The van der Waals surface area contributed by atoms with E-state index in [0.717, 1.165) is 11.3 Å². The highest BCUT2D eigenvalue weighted by Crippen LogP contribution is 2.21. The SMILES string of the molecule is O=C(CCc1nnc(-c2ccsc2)o1)Oc1ccc(-n2cnnn2)cc1. The first-order valence-electron chi connectivity index (χ1n) is 7.67. The third kappa shape index (κ3) is 3.64. The predicted octanol–water partition coefficient (Wildman–Crippen LogP) is 2.31. The molecule has 4 rings (SSSR count). The molecule has 0 radical (unpaired) electrons. The fourth-order valence-corrected chi connectivity index (χ4v) is 2.83. The Bertz CT molecular complexity index is 980. The molecule has 0 unspecified atom stereocenters. The molecule has 130 valence electrons. The lowest BCUT2D eigenvalue weighted by Gasteiger charge is -2.04. The van der Waals surface area contributed by atoms with Gasteiger partial charge in [-0.15, -0.1) is 15.3 Å². The molecule has 4 aromatic rings. The Morgan fingerprint density at radius 2 is 2.08 bits per heavy atom. The summed E-state index contributed by atoms with van der Waals surface area (Å²) in [7, 11) is 0. The van der Waals surface area contributed by atoms with Crippen LogP contribution in [0, 0.1) is 0 Å². The monoisotopic (exact) mass is 368 g/mol. The molecule has 0 spiro atoms. The Morgan fingerprint density at radius 1 is 1.19 bits per heavy atom. The van der Waals surface area contributed by atoms with E-state index in [-0.39, 0.29) is 12.4 Å². The quantitative estimate of drug-likeness (QED) is 0.377. The molecule has 3 aromatic heterocycles. The number of nitrogens with zero attached hydrogens (tertiary/aromatic N) is 6. The highest BCUT2D eigenvalue weighted by atomic mass is 32.1. The van der Waals surface area contributed by atoms with Crippen LogP contribution in [0.15, 0.2) is 51.8 Å². The molecule has 9 nitrogen and oxygen atoms in total. The second-order valence-corrected chi connectivity index (χ2v) is 6.02. The van der Waals surface area contributed by atoms with Gasteiger partial charge in [0.2, 0.25) is 11.8 Å². The van der Waals surface area contributed by atoms with Gasteiger partial charge in [0.15, 0.2) is 0 Å². The van der Waals surface area contributed by atoms with Crippen LogP contribution in [0.2, 0.25) is 0 Å². The lowest BCUT2D eigenvalue weighted by molar-refractivity contribution is -0.134. The third-order valence-electron chi connectivity index (χ3n) is 3.46. The molecule has 0 fully saturated rings. The van der Waals surface area contributed by atoms with Crippen molar-refractivity contribution in [1.82, 2.24) is 30.4 Å². The maximum Gasteiger partial charge on any atom is 0.311 e. The standard InChI is InChI=1S/C16H12N6O3S/c23-15(6-5-14-18-19-16(25-14)11-7-8-26-9-11)24-13-3-1-12(2-4-13)22-10-17-20-21-22/h1-4,7-10H,5-6H2. The lowest BCUT2D eigenvalue weighted by Crippen LogP contribution is -2.09. The number of rotatable bonds is 6. The normalized spacial score (nSPS) is 10.8. The summed E-state index contributed by atoms with van der Waals surface area (Å²) < 4.78 is 12.3. The number of hydrogen-bond donors (Lipinski definition) is 0. The second kappa shape index (κ2) is 7.23. The van der Waals surface area contributed by atoms with Crippen LogP contribution in [-0.2, 0) is 11.2 Å². The Kier molecular flexibility index (Phi) is 4.48. The number of esters is 1. The molecule has 0 saturated carbocycles. The first kappa shape index (κ1) is 16.1. The van der Waals surface area contributed by atoms with Gasteiger partial charge < -0.3 is 9.15 Å². The van der Waals surface area contributed by atoms with Crippen LogP contribution < -0.4 is 4.74 Å². The minimum Gasteiger partial charge on any atom is -0.427 e. The summed E-state index contributed by atoms with van der Waals surface area (Å²) in [6, 6.07) is 8.76. The highest BCUT2D eigenvalue weighted by molar-refractivity contribution is 7.08. The van der Waals surface area contributed by atoms with Crippen molar-refractivity contribution in [2.75, 3.05) is 0 Å². The summed E-state index contributed by atoms with van der Waals surface area (Å²) in [6.07, 6.45) is 1.94.